The fourth-order valence-corrected chi connectivity index (χ4v) is 1.50. The highest BCUT2D eigenvalue weighted by Crippen LogP contribution is 2.25. The lowest BCUT2D eigenvalue weighted by molar-refractivity contribution is -0.274. The molecule has 4 nitrogen and oxygen atoms in total. The number of nitrogens with one attached hydrogen (secondary N) is 1. The van der Waals surface area contributed by atoms with Gasteiger partial charge in [0.2, 0.25) is 0 Å². The van der Waals surface area contributed by atoms with Gasteiger partial charge in [-0.1, -0.05) is 12.1 Å². The van der Waals surface area contributed by atoms with Gasteiger partial charge in [-0.05, 0) is 17.7 Å². The van der Waals surface area contributed by atoms with Crippen LogP contribution >= 0.6 is 0 Å². The summed E-state index contributed by atoms with van der Waals surface area (Å²) in [6, 6.07) is 5.49. The summed E-state index contributed by atoms with van der Waals surface area (Å²) in [4.78, 5) is 0. The maximum atomic E-state index is 12.1. The molecule has 0 saturated heterocycles. The normalized spacial score (nSPS) is 13.7. The van der Waals surface area contributed by atoms with E-state index in [1.54, 1.807) is 25.2 Å². The summed E-state index contributed by atoms with van der Waals surface area (Å²) in [5, 5.41) is 1.69. The number of hydrogen-bond acceptors (Lipinski definition) is 4. The summed E-state index contributed by atoms with van der Waals surface area (Å²) >= 11 is 0. The summed E-state index contributed by atoms with van der Waals surface area (Å²) in [6.45, 7) is 0.258. The average Bonchev–Trinajstić information content (AvgIpc) is 2.23. The topological polar surface area (TPSA) is 50.5 Å². The summed E-state index contributed by atoms with van der Waals surface area (Å²) in [5.41, 5.74) is 9.22. The molecular formula is C11H16F3N3O. The van der Waals surface area contributed by atoms with Crippen molar-refractivity contribution in [2.24, 2.45) is 5.73 Å². The van der Waals surface area contributed by atoms with Gasteiger partial charge < -0.3 is 10.5 Å². The van der Waals surface area contributed by atoms with Crippen molar-refractivity contribution in [2.45, 2.75) is 12.4 Å². The maximum absolute atomic E-state index is 12.1. The van der Waals surface area contributed by atoms with Crippen LogP contribution in [0.15, 0.2) is 24.3 Å². The number of alkyl halides is 3. The Morgan fingerprint density at radius 3 is 2.56 bits per heavy atom. The molecule has 0 radical (unpaired) electrons. The molecule has 0 aliphatic heterocycles. The quantitative estimate of drug-likeness (QED) is 0.793. The van der Waals surface area contributed by atoms with E-state index in [2.05, 4.69) is 10.2 Å². The molecule has 1 rings (SSSR count). The van der Waals surface area contributed by atoms with Crippen LogP contribution in [0.2, 0.25) is 0 Å². The standard InChI is InChI=1S/C11H16F3N3O/c1-17(2)16-10(7-15)8-4-3-5-9(6-8)18-11(12,13)14/h3-6,10,16H,7,15H2,1-2H3. The average molecular weight is 263 g/mol. The molecule has 7 heteroatoms. The van der Waals surface area contributed by atoms with E-state index < -0.39 is 6.36 Å². The third kappa shape index (κ3) is 4.91. The minimum Gasteiger partial charge on any atom is -0.406 e. The van der Waals surface area contributed by atoms with Gasteiger partial charge in [0.15, 0.2) is 0 Å². The molecule has 0 amide bonds. The van der Waals surface area contributed by atoms with E-state index in [0.717, 1.165) is 0 Å². The van der Waals surface area contributed by atoms with Gasteiger partial charge in [-0.3, -0.25) is 0 Å². The van der Waals surface area contributed by atoms with Gasteiger partial charge in [0, 0.05) is 20.6 Å². The number of hydrogen-bond donors (Lipinski definition) is 2. The Balaban J connectivity index is 2.86. The lowest BCUT2D eigenvalue weighted by Crippen LogP contribution is -2.38. The molecule has 0 fully saturated rings. The molecule has 18 heavy (non-hydrogen) atoms. The van der Waals surface area contributed by atoms with E-state index in [1.165, 1.54) is 18.2 Å². The Labute approximate surface area is 103 Å². The second-order valence-corrected chi connectivity index (χ2v) is 3.93. The van der Waals surface area contributed by atoms with E-state index in [1.807, 2.05) is 0 Å². The Kier molecular flexibility index (Phi) is 4.94. The smallest absolute Gasteiger partial charge is 0.406 e. The van der Waals surface area contributed by atoms with Crippen molar-refractivity contribution in [1.29, 1.82) is 0 Å². The van der Waals surface area contributed by atoms with Gasteiger partial charge >= 0.3 is 6.36 Å². The largest absolute Gasteiger partial charge is 0.573 e. The number of nitrogens with zero attached hydrogens (tertiary/aromatic N) is 1. The van der Waals surface area contributed by atoms with Crippen molar-refractivity contribution in [3.05, 3.63) is 29.8 Å². The molecule has 1 aromatic carbocycles. The van der Waals surface area contributed by atoms with Crippen LogP contribution in [-0.4, -0.2) is 32.0 Å². The van der Waals surface area contributed by atoms with Crippen molar-refractivity contribution in [3.8, 4) is 5.75 Å². The summed E-state index contributed by atoms with van der Waals surface area (Å²) in [6.07, 6.45) is -4.69. The predicted molar refractivity (Wildman–Crippen MR) is 61.7 cm³/mol. The van der Waals surface area contributed by atoms with Crippen LogP contribution in [0.3, 0.4) is 0 Å². The zero-order chi connectivity index (χ0) is 13.8. The highest BCUT2D eigenvalue weighted by Gasteiger charge is 2.31. The fourth-order valence-electron chi connectivity index (χ4n) is 1.50. The second-order valence-electron chi connectivity index (χ2n) is 3.93. The number of hydrazine groups is 1. The zero-order valence-electron chi connectivity index (χ0n) is 10.2. The molecular weight excluding hydrogens is 247 g/mol. The van der Waals surface area contributed by atoms with Crippen LogP contribution in [0.4, 0.5) is 13.2 Å². The fraction of sp³-hybridized carbons (Fsp3) is 0.455. The number of rotatable bonds is 5. The lowest BCUT2D eigenvalue weighted by atomic mass is 10.1. The summed E-state index contributed by atoms with van der Waals surface area (Å²) in [5.74, 6) is -0.251. The van der Waals surface area contributed by atoms with Gasteiger partial charge in [-0.2, -0.15) is 0 Å². The third-order valence-corrected chi connectivity index (χ3v) is 2.14. The van der Waals surface area contributed by atoms with E-state index in [0.29, 0.717) is 5.56 Å². The van der Waals surface area contributed by atoms with Crippen molar-refractivity contribution < 1.29 is 17.9 Å². The molecule has 1 aromatic rings. The molecule has 102 valence electrons. The monoisotopic (exact) mass is 263 g/mol. The van der Waals surface area contributed by atoms with E-state index in [4.69, 9.17) is 5.73 Å². The zero-order valence-corrected chi connectivity index (χ0v) is 10.2. The van der Waals surface area contributed by atoms with E-state index in [9.17, 15) is 13.2 Å². The minimum absolute atomic E-state index is 0.251. The van der Waals surface area contributed by atoms with Crippen LogP contribution in [0, 0.1) is 0 Å². The highest BCUT2D eigenvalue weighted by atomic mass is 19.4. The SMILES string of the molecule is CN(C)NC(CN)c1cccc(OC(F)(F)F)c1. The van der Waals surface area contributed by atoms with E-state index in [-0.39, 0.29) is 18.3 Å². The predicted octanol–water partition coefficient (Wildman–Crippen LogP) is 1.65. The third-order valence-electron chi connectivity index (χ3n) is 2.14. The Hall–Kier alpha value is -1.31. The first-order valence-electron chi connectivity index (χ1n) is 5.31. The highest BCUT2D eigenvalue weighted by molar-refractivity contribution is 5.30. The van der Waals surface area contributed by atoms with Gasteiger partial charge in [0.05, 0.1) is 6.04 Å². The molecule has 0 saturated carbocycles. The molecule has 0 aromatic heterocycles. The molecule has 1 atom stereocenters. The molecule has 0 bridgehead atoms. The molecule has 0 spiro atoms. The Bertz CT molecular complexity index is 382. The van der Waals surface area contributed by atoms with Crippen LogP contribution in [-0.2, 0) is 0 Å². The van der Waals surface area contributed by atoms with Crippen LogP contribution in [0.5, 0.6) is 5.75 Å². The van der Waals surface area contributed by atoms with Crippen molar-refractivity contribution in [3.63, 3.8) is 0 Å². The number of ether oxygens (including phenoxy) is 1. The second kappa shape index (κ2) is 6.03. The lowest BCUT2D eigenvalue weighted by Gasteiger charge is -2.22. The molecule has 3 N–H and O–H groups in total. The Morgan fingerprint density at radius 2 is 2.06 bits per heavy atom. The minimum atomic E-state index is -4.69. The number of nitrogens with two attached hydrogens (primary N) is 1. The van der Waals surface area contributed by atoms with Crippen LogP contribution < -0.4 is 15.9 Å². The van der Waals surface area contributed by atoms with Crippen molar-refractivity contribution >= 4 is 0 Å². The van der Waals surface area contributed by atoms with Crippen molar-refractivity contribution in [1.82, 2.24) is 10.4 Å². The van der Waals surface area contributed by atoms with Crippen LogP contribution in [0.1, 0.15) is 11.6 Å². The molecule has 0 aliphatic carbocycles. The first kappa shape index (κ1) is 14.7. The first-order chi connectivity index (χ1) is 8.31. The summed E-state index contributed by atoms with van der Waals surface area (Å²) in [7, 11) is 3.55. The first-order valence-corrected chi connectivity index (χ1v) is 5.31. The van der Waals surface area contributed by atoms with Gasteiger partial charge in [0.25, 0.3) is 0 Å². The van der Waals surface area contributed by atoms with Crippen molar-refractivity contribution in [2.75, 3.05) is 20.6 Å². The summed E-state index contributed by atoms with van der Waals surface area (Å²) < 4.78 is 40.1. The van der Waals surface area contributed by atoms with Gasteiger partial charge in [-0.25, -0.2) is 10.4 Å². The molecule has 0 heterocycles. The molecule has 0 aliphatic rings. The number of halogens is 3. The molecule has 1 unspecified atom stereocenters. The maximum Gasteiger partial charge on any atom is 0.573 e. The van der Waals surface area contributed by atoms with Crippen LogP contribution in [0.25, 0.3) is 0 Å². The van der Waals surface area contributed by atoms with E-state index >= 15 is 0 Å². The number of benzene rings is 1. The Morgan fingerprint density at radius 1 is 1.39 bits per heavy atom. The van der Waals surface area contributed by atoms with Gasteiger partial charge in [0.1, 0.15) is 5.75 Å². The van der Waals surface area contributed by atoms with Gasteiger partial charge in [-0.15, -0.1) is 13.2 Å².